The van der Waals surface area contributed by atoms with Crippen molar-refractivity contribution in [3.63, 3.8) is 0 Å². The third kappa shape index (κ3) is 4.11. The summed E-state index contributed by atoms with van der Waals surface area (Å²) in [5.74, 6) is 0.456. The van der Waals surface area contributed by atoms with Gasteiger partial charge in [-0.15, -0.1) is 0 Å². The second kappa shape index (κ2) is 6.01. The lowest BCUT2D eigenvalue weighted by Gasteiger charge is -2.27. The van der Waals surface area contributed by atoms with Gasteiger partial charge in [0.1, 0.15) is 10.6 Å². The van der Waals surface area contributed by atoms with E-state index in [0.29, 0.717) is 12.2 Å². The van der Waals surface area contributed by atoms with Gasteiger partial charge in [-0.2, -0.15) is 0 Å². The van der Waals surface area contributed by atoms with Gasteiger partial charge in [-0.25, -0.2) is 13.1 Å². The Labute approximate surface area is 121 Å². The quantitative estimate of drug-likeness (QED) is 0.817. The maximum absolute atomic E-state index is 12.3. The molecule has 0 bridgehead atoms. The molecule has 0 heterocycles. The number of nitrogen functional groups attached to an aromatic ring is 1. The Morgan fingerprint density at radius 2 is 1.95 bits per heavy atom. The zero-order chi connectivity index (χ0) is 15.6. The fourth-order valence-corrected chi connectivity index (χ4v) is 2.80. The summed E-state index contributed by atoms with van der Waals surface area (Å²) >= 11 is 0. The van der Waals surface area contributed by atoms with Crippen molar-refractivity contribution in [1.29, 1.82) is 0 Å². The number of rotatable bonds is 5. The molecule has 20 heavy (non-hydrogen) atoms. The average Bonchev–Trinajstić information content (AvgIpc) is 2.34. The summed E-state index contributed by atoms with van der Waals surface area (Å²) in [6.45, 7) is 8.63. The highest BCUT2D eigenvalue weighted by atomic mass is 32.2. The number of benzene rings is 1. The molecule has 1 atom stereocenters. The largest absolute Gasteiger partial charge is 0.495 e. The molecule has 5 nitrogen and oxygen atoms in total. The lowest BCUT2D eigenvalue weighted by atomic mass is 9.82. The molecule has 0 radical (unpaired) electrons. The molecule has 3 N–H and O–H groups in total. The fourth-order valence-electron chi connectivity index (χ4n) is 1.52. The Morgan fingerprint density at radius 1 is 1.35 bits per heavy atom. The van der Waals surface area contributed by atoms with Gasteiger partial charge >= 0.3 is 0 Å². The minimum atomic E-state index is -3.61. The van der Waals surface area contributed by atoms with E-state index >= 15 is 0 Å². The third-order valence-corrected chi connectivity index (χ3v) is 5.00. The highest BCUT2D eigenvalue weighted by Gasteiger charge is 2.24. The predicted octanol–water partition coefficient (Wildman–Crippen LogP) is 2.24. The van der Waals surface area contributed by atoms with Crippen LogP contribution < -0.4 is 15.2 Å². The number of sulfonamides is 1. The summed E-state index contributed by atoms with van der Waals surface area (Å²) in [6, 6.07) is 4.50. The highest BCUT2D eigenvalue weighted by molar-refractivity contribution is 7.89. The minimum absolute atomic E-state index is 0.0354. The molecule has 1 aromatic carbocycles. The minimum Gasteiger partial charge on any atom is -0.495 e. The second-order valence-corrected chi connectivity index (χ2v) is 7.76. The van der Waals surface area contributed by atoms with Crippen molar-refractivity contribution in [3.8, 4) is 5.75 Å². The molecule has 1 aromatic rings. The van der Waals surface area contributed by atoms with Gasteiger partial charge in [0.25, 0.3) is 0 Å². The van der Waals surface area contributed by atoms with Crippen molar-refractivity contribution in [1.82, 2.24) is 4.72 Å². The van der Waals surface area contributed by atoms with Crippen LogP contribution in [0.5, 0.6) is 5.75 Å². The fraction of sp³-hybridized carbons (Fsp3) is 0.571. The molecule has 0 saturated carbocycles. The monoisotopic (exact) mass is 300 g/mol. The highest BCUT2D eigenvalue weighted by Crippen LogP contribution is 2.28. The first-order valence-electron chi connectivity index (χ1n) is 6.51. The van der Waals surface area contributed by atoms with Gasteiger partial charge < -0.3 is 10.5 Å². The van der Waals surface area contributed by atoms with E-state index in [9.17, 15) is 8.42 Å². The van der Waals surface area contributed by atoms with E-state index in [1.54, 1.807) is 6.07 Å². The maximum Gasteiger partial charge on any atom is 0.244 e. The van der Waals surface area contributed by atoms with Crippen molar-refractivity contribution in [2.24, 2.45) is 11.3 Å². The number of nitrogens with two attached hydrogens (primary N) is 1. The van der Waals surface area contributed by atoms with Gasteiger partial charge in [0.2, 0.25) is 10.0 Å². The van der Waals surface area contributed by atoms with E-state index in [1.807, 2.05) is 6.92 Å². The zero-order valence-electron chi connectivity index (χ0n) is 12.7. The molecule has 0 fully saturated rings. The Bertz CT molecular complexity index is 562. The normalized spacial score (nSPS) is 14.1. The SMILES string of the molecule is COc1cc(N)ccc1S(=O)(=O)NCC(C)C(C)(C)C. The van der Waals surface area contributed by atoms with Gasteiger partial charge in [0.05, 0.1) is 7.11 Å². The van der Waals surface area contributed by atoms with Crippen LogP contribution in [0.1, 0.15) is 27.7 Å². The summed E-state index contributed by atoms with van der Waals surface area (Å²) in [5, 5.41) is 0. The van der Waals surface area contributed by atoms with Crippen LogP contribution in [0, 0.1) is 11.3 Å². The van der Waals surface area contributed by atoms with E-state index in [2.05, 4.69) is 25.5 Å². The van der Waals surface area contributed by atoms with E-state index in [0.717, 1.165) is 0 Å². The van der Waals surface area contributed by atoms with Crippen molar-refractivity contribution < 1.29 is 13.2 Å². The molecular weight excluding hydrogens is 276 g/mol. The van der Waals surface area contributed by atoms with Crippen LogP contribution in [-0.4, -0.2) is 22.1 Å². The lowest BCUT2D eigenvalue weighted by molar-refractivity contribution is 0.263. The average molecular weight is 300 g/mol. The smallest absolute Gasteiger partial charge is 0.244 e. The summed E-state index contributed by atoms with van der Waals surface area (Å²) in [4.78, 5) is 0.107. The molecule has 114 valence electrons. The first kappa shape index (κ1) is 16.8. The number of ether oxygens (including phenoxy) is 1. The number of hydrogen-bond donors (Lipinski definition) is 2. The van der Waals surface area contributed by atoms with Gasteiger partial charge in [0.15, 0.2) is 0 Å². The molecule has 1 rings (SSSR count). The zero-order valence-corrected chi connectivity index (χ0v) is 13.5. The predicted molar refractivity (Wildman–Crippen MR) is 81.2 cm³/mol. The molecule has 0 aliphatic carbocycles. The van der Waals surface area contributed by atoms with Crippen molar-refractivity contribution in [2.75, 3.05) is 19.4 Å². The number of anilines is 1. The Balaban J connectivity index is 2.95. The Morgan fingerprint density at radius 3 is 2.45 bits per heavy atom. The summed E-state index contributed by atoms with van der Waals surface area (Å²) in [6.07, 6.45) is 0. The first-order chi connectivity index (χ1) is 9.08. The lowest BCUT2D eigenvalue weighted by Crippen LogP contribution is -2.33. The third-order valence-electron chi connectivity index (χ3n) is 3.54. The van der Waals surface area contributed by atoms with Crippen LogP contribution in [0.2, 0.25) is 0 Å². The topological polar surface area (TPSA) is 81.4 Å². The van der Waals surface area contributed by atoms with Crippen LogP contribution in [0.4, 0.5) is 5.69 Å². The molecule has 1 unspecified atom stereocenters. The van der Waals surface area contributed by atoms with E-state index < -0.39 is 10.0 Å². The Kier molecular flexibility index (Phi) is 5.05. The summed E-state index contributed by atoms with van der Waals surface area (Å²) in [7, 11) is -2.18. The van der Waals surface area contributed by atoms with Gasteiger partial charge in [-0.1, -0.05) is 27.7 Å². The molecular formula is C14H24N2O3S. The van der Waals surface area contributed by atoms with Crippen LogP contribution in [0.3, 0.4) is 0 Å². The molecule has 6 heteroatoms. The first-order valence-corrected chi connectivity index (χ1v) is 7.99. The Hall–Kier alpha value is -1.27. The molecule has 0 amide bonds. The maximum atomic E-state index is 12.3. The number of hydrogen-bond acceptors (Lipinski definition) is 4. The summed E-state index contributed by atoms with van der Waals surface area (Å²) < 4.78 is 32.4. The van der Waals surface area contributed by atoms with Crippen molar-refractivity contribution in [3.05, 3.63) is 18.2 Å². The number of nitrogens with one attached hydrogen (secondary N) is 1. The van der Waals surface area contributed by atoms with Gasteiger partial charge in [-0.3, -0.25) is 0 Å². The van der Waals surface area contributed by atoms with Gasteiger partial charge in [-0.05, 0) is 23.5 Å². The van der Waals surface area contributed by atoms with Crippen molar-refractivity contribution >= 4 is 15.7 Å². The van der Waals surface area contributed by atoms with Crippen LogP contribution in [-0.2, 0) is 10.0 Å². The number of methoxy groups -OCH3 is 1. The standard InChI is InChI=1S/C14H24N2O3S/c1-10(14(2,3)4)9-16-20(17,18)13-7-6-11(15)8-12(13)19-5/h6-8,10,16H,9,15H2,1-5H3. The van der Waals surface area contributed by atoms with Crippen LogP contribution >= 0.6 is 0 Å². The van der Waals surface area contributed by atoms with Crippen LogP contribution in [0.15, 0.2) is 23.1 Å². The molecule has 0 saturated heterocycles. The molecule has 0 aromatic heterocycles. The van der Waals surface area contributed by atoms with Crippen LogP contribution in [0.25, 0.3) is 0 Å². The van der Waals surface area contributed by atoms with E-state index in [1.165, 1.54) is 19.2 Å². The van der Waals surface area contributed by atoms with Crippen molar-refractivity contribution in [2.45, 2.75) is 32.6 Å². The summed E-state index contributed by atoms with van der Waals surface area (Å²) in [5.41, 5.74) is 6.13. The van der Waals surface area contributed by atoms with Gasteiger partial charge in [0, 0.05) is 18.3 Å². The van der Waals surface area contributed by atoms with E-state index in [-0.39, 0.29) is 22.0 Å². The molecule has 0 spiro atoms. The second-order valence-electron chi connectivity index (χ2n) is 6.03. The molecule has 0 aliphatic heterocycles. The van der Waals surface area contributed by atoms with E-state index in [4.69, 9.17) is 10.5 Å². The molecule has 0 aliphatic rings.